The average Bonchev–Trinajstić information content (AvgIpc) is 2.68. The van der Waals surface area contributed by atoms with Crippen molar-refractivity contribution in [1.29, 1.82) is 0 Å². The number of rotatable bonds is 7. The van der Waals surface area contributed by atoms with Gasteiger partial charge in [-0.15, -0.1) is 0 Å². The lowest BCUT2D eigenvalue weighted by molar-refractivity contribution is 0.201. The summed E-state index contributed by atoms with van der Waals surface area (Å²) >= 11 is 0. The minimum absolute atomic E-state index is 0.0919. The second-order valence-electron chi connectivity index (χ2n) is 9.50. The molecule has 3 rings (SSSR count). The molecule has 0 amide bonds. The number of fused-ring (bicyclic) bond motifs is 1. The van der Waals surface area contributed by atoms with Crippen molar-refractivity contribution in [2.45, 2.75) is 67.0 Å². The molecular formula is C29H37NO2. The first kappa shape index (κ1) is 23.7. The third-order valence-electron chi connectivity index (χ3n) is 5.73. The molecule has 0 saturated carbocycles. The maximum absolute atomic E-state index is 9.45. The maximum Gasteiger partial charge on any atom is 0.117 e. The Morgan fingerprint density at radius 2 is 1.84 bits per heavy atom. The molecule has 0 radical (unpaired) electrons. The van der Waals surface area contributed by atoms with Gasteiger partial charge in [0.15, 0.2) is 0 Å². The molecule has 2 aromatic carbocycles. The van der Waals surface area contributed by atoms with Gasteiger partial charge in [0.1, 0.15) is 6.10 Å². The minimum atomic E-state index is -0.189. The van der Waals surface area contributed by atoms with Crippen LogP contribution in [0.5, 0.6) is 0 Å². The van der Waals surface area contributed by atoms with E-state index >= 15 is 0 Å². The summed E-state index contributed by atoms with van der Waals surface area (Å²) in [4.78, 5) is 0. The van der Waals surface area contributed by atoms with Crippen LogP contribution in [-0.4, -0.2) is 11.2 Å². The van der Waals surface area contributed by atoms with E-state index in [0.717, 1.165) is 6.42 Å². The van der Waals surface area contributed by atoms with Gasteiger partial charge in [-0.2, -0.15) is 0 Å². The fourth-order valence-corrected chi connectivity index (χ4v) is 4.44. The van der Waals surface area contributed by atoms with Crippen molar-refractivity contribution in [3.63, 3.8) is 0 Å². The Kier molecular flexibility index (Phi) is 7.50. The average molecular weight is 432 g/mol. The van der Waals surface area contributed by atoms with Crippen LogP contribution in [0.25, 0.3) is 11.6 Å². The molecule has 2 atom stereocenters. The van der Waals surface area contributed by atoms with Crippen LogP contribution in [0.4, 0.5) is 5.69 Å². The van der Waals surface area contributed by atoms with Crippen LogP contribution in [0, 0.1) is 26.7 Å². The van der Waals surface area contributed by atoms with Crippen molar-refractivity contribution in [3.8, 4) is 0 Å². The van der Waals surface area contributed by atoms with Gasteiger partial charge in [0.2, 0.25) is 0 Å². The third kappa shape index (κ3) is 5.85. The molecule has 32 heavy (non-hydrogen) atoms. The topological polar surface area (TPSA) is 41.5 Å². The molecular weight excluding hydrogens is 394 g/mol. The van der Waals surface area contributed by atoms with Gasteiger partial charge in [0.05, 0.1) is 18.1 Å². The number of benzene rings is 2. The number of ether oxygens (including phenoxy) is 1. The molecule has 0 fully saturated rings. The molecule has 0 aliphatic carbocycles. The zero-order valence-electron chi connectivity index (χ0n) is 20.5. The van der Waals surface area contributed by atoms with E-state index in [2.05, 4.69) is 76.3 Å². The number of nitrogens with one attached hydrogen (secondary N) is 1. The summed E-state index contributed by atoms with van der Waals surface area (Å²) in [5, 5.41) is 13.2. The summed E-state index contributed by atoms with van der Waals surface area (Å²) in [7, 11) is 0. The fraction of sp³-hybridized carbons (Fsp3) is 0.379. The summed E-state index contributed by atoms with van der Waals surface area (Å²) in [6.07, 6.45) is 8.74. The van der Waals surface area contributed by atoms with Crippen molar-refractivity contribution < 1.29 is 9.84 Å². The van der Waals surface area contributed by atoms with E-state index in [4.69, 9.17) is 4.74 Å². The highest BCUT2D eigenvalue weighted by Crippen LogP contribution is 2.40. The summed E-state index contributed by atoms with van der Waals surface area (Å²) in [5.41, 5.74) is 10.1. The van der Waals surface area contributed by atoms with Gasteiger partial charge in [-0.1, -0.05) is 49.2 Å². The largest absolute Gasteiger partial charge is 0.513 e. The van der Waals surface area contributed by atoms with E-state index in [0.29, 0.717) is 5.92 Å². The summed E-state index contributed by atoms with van der Waals surface area (Å²) in [5.74, 6) is 0.853. The lowest BCUT2D eigenvalue weighted by Crippen LogP contribution is -2.17. The van der Waals surface area contributed by atoms with Gasteiger partial charge in [-0.05, 0) is 93.5 Å². The molecule has 0 saturated heterocycles. The number of anilines is 1. The first-order valence-electron chi connectivity index (χ1n) is 11.5. The number of hydrogen-bond donors (Lipinski definition) is 2. The van der Waals surface area contributed by atoms with E-state index in [9.17, 15) is 5.11 Å². The van der Waals surface area contributed by atoms with Gasteiger partial charge in [-0.25, -0.2) is 0 Å². The number of aryl methyl sites for hydroxylation is 3. The van der Waals surface area contributed by atoms with Crippen LogP contribution in [0.15, 0.2) is 54.5 Å². The zero-order chi connectivity index (χ0) is 23.4. The quantitative estimate of drug-likeness (QED) is 0.436. The van der Waals surface area contributed by atoms with Crippen molar-refractivity contribution in [3.05, 3.63) is 87.9 Å². The van der Waals surface area contributed by atoms with Gasteiger partial charge < -0.3 is 15.2 Å². The molecule has 3 nitrogen and oxygen atoms in total. The normalized spacial score (nSPS) is 17.2. The highest BCUT2D eigenvalue weighted by molar-refractivity contribution is 5.81. The number of aliphatic hydroxyl groups is 1. The van der Waals surface area contributed by atoms with Crippen molar-refractivity contribution in [2.24, 2.45) is 5.92 Å². The molecule has 0 spiro atoms. The van der Waals surface area contributed by atoms with Gasteiger partial charge in [-0.3, -0.25) is 0 Å². The molecule has 2 N–H and O–H groups in total. The molecule has 2 unspecified atom stereocenters. The number of aliphatic hydroxyl groups excluding tert-OH is 1. The Labute approximate surface area is 193 Å². The highest BCUT2D eigenvalue weighted by atomic mass is 16.5. The standard InChI is InChI=1S/C29H37NO2/c1-18(2)12-24-17-29(30-28-9-8-19(3)14-26(24)28)27-15-20(4)13-21(5)25(27)10-11-32-23(7)16-22(6)31/h8-11,13-18,23,29-31H,12H2,1-7H3/b11-10+,22-16-. The number of allylic oxidation sites excluding steroid dienone is 2. The molecule has 170 valence electrons. The van der Waals surface area contributed by atoms with Gasteiger partial charge in [0.25, 0.3) is 0 Å². The molecule has 2 aromatic rings. The van der Waals surface area contributed by atoms with E-state index in [1.807, 2.05) is 13.0 Å². The Morgan fingerprint density at radius 3 is 2.53 bits per heavy atom. The molecule has 1 aliphatic heterocycles. The van der Waals surface area contributed by atoms with Crippen LogP contribution in [0.1, 0.15) is 73.5 Å². The lowest BCUT2D eigenvalue weighted by atomic mass is 9.85. The van der Waals surface area contributed by atoms with E-state index in [1.165, 1.54) is 44.6 Å². The SMILES string of the molecule is C/C(O)=C/C(C)O/C=C/c1c(C)cc(C)cc1C1C=C(CC(C)C)c2cc(C)ccc2N1. The summed E-state index contributed by atoms with van der Waals surface area (Å²) < 4.78 is 5.77. The second kappa shape index (κ2) is 10.1. The fourth-order valence-electron chi connectivity index (χ4n) is 4.44. The molecule has 1 heterocycles. The van der Waals surface area contributed by atoms with Gasteiger partial charge >= 0.3 is 0 Å². The maximum atomic E-state index is 9.45. The van der Waals surface area contributed by atoms with Crippen molar-refractivity contribution in [1.82, 2.24) is 0 Å². The van der Waals surface area contributed by atoms with E-state index < -0.39 is 0 Å². The zero-order valence-corrected chi connectivity index (χ0v) is 20.5. The first-order valence-corrected chi connectivity index (χ1v) is 11.5. The Bertz CT molecular complexity index is 1060. The Morgan fingerprint density at radius 1 is 1.09 bits per heavy atom. The second-order valence-corrected chi connectivity index (χ2v) is 9.50. The summed E-state index contributed by atoms with van der Waals surface area (Å²) in [6.45, 7) is 14.6. The summed E-state index contributed by atoms with van der Waals surface area (Å²) in [6, 6.07) is 11.2. The minimum Gasteiger partial charge on any atom is -0.513 e. The smallest absolute Gasteiger partial charge is 0.117 e. The van der Waals surface area contributed by atoms with Crippen LogP contribution >= 0.6 is 0 Å². The van der Waals surface area contributed by atoms with Gasteiger partial charge in [0, 0.05) is 11.3 Å². The Balaban J connectivity index is 2.01. The molecule has 0 bridgehead atoms. The highest BCUT2D eigenvalue weighted by Gasteiger charge is 2.23. The molecule has 0 aromatic heterocycles. The van der Waals surface area contributed by atoms with Crippen LogP contribution in [0.3, 0.4) is 0 Å². The van der Waals surface area contributed by atoms with E-state index in [1.54, 1.807) is 19.3 Å². The van der Waals surface area contributed by atoms with Crippen molar-refractivity contribution in [2.75, 3.05) is 5.32 Å². The predicted octanol–water partition coefficient (Wildman–Crippen LogP) is 8.05. The third-order valence-corrected chi connectivity index (χ3v) is 5.73. The first-order chi connectivity index (χ1) is 15.1. The van der Waals surface area contributed by atoms with Crippen LogP contribution in [-0.2, 0) is 4.74 Å². The van der Waals surface area contributed by atoms with E-state index in [-0.39, 0.29) is 17.9 Å². The van der Waals surface area contributed by atoms with Crippen LogP contribution < -0.4 is 5.32 Å². The number of hydrogen-bond acceptors (Lipinski definition) is 3. The Hall–Kier alpha value is -2.94. The molecule has 3 heteroatoms. The van der Waals surface area contributed by atoms with Crippen molar-refractivity contribution >= 4 is 17.3 Å². The molecule has 1 aliphatic rings. The predicted molar refractivity (Wildman–Crippen MR) is 137 cm³/mol. The monoisotopic (exact) mass is 431 g/mol. The van der Waals surface area contributed by atoms with Crippen LogP contribution in [0.2, 0.25) is 0 Å². The lowest BCUT2D eigenvalue weighted by Gasteiger charge is -2.29.